The first-order chi connectivity index (χ1) is 11.3. The summed E-state index contributed by atoms with van der Waals surface area (Å²) in [5.74, 6) is -2.17. The highest BCUT2D eigenvalue weighted by Gasteiger charge is 2.25. The summed E-state index contributed by atoms with van der Waals surface area (Å²) in [4.78, 5) is 13.2. The first-order valence-electron chi connectivity index (χ1n) is 7.14. The van der Waals surface area contributed by atoms with Gasteiger partial charge < -0.3 is 4.90 Å². The molecule has 2 aromatic carbocycles. The summed E-state index contributed by atoms with van der Waals surface area (Å²) in [6, 6.07) is 6.76. The summed E-state index contributed by atoms with van der Waals surface area (Å²) in [6.45, 7) is 0.458. The molecule has 0 saturated heterocycles. The van der Waals surface area contributed by atoms with Gasteiger partial charge in [0.25, 0.3) is 15.9 Å². The Kier molecular flexibility index (Phi) is 4.00. The predicted octanol–water partition coefficient (Wildman–Crippen LogP) is 2.39. The fourth-order valence-corrected chi connectivity index (χ4v) is 3.76. The smallest absolute Gasteiger partial charge is 0.262 e. The lowest BCUT2D eigenvalue weighted by atomic mass is 9.98. The maximum Gasteiger partial charge on any atom is 0.262 e. The number of nitrogens with one attached hydrogen (secondary N) is 1. The summed E-state index contributed by atoms with van der Waals surface area (Å²) in [5.41, 5.74) is 1.22. The standard InChI is InChI=1S/C16H14F2N2O3S/c1-20-6-5-13-14(16(20)21)3-2-4-15(13)19-24(22,23)12-8-10(17)7-11(18)9-12/h2-4,7-9,19H,5-6H2,1H3. The molecule has 5 nitrogen and oxygen atoms in total. The van der Waals surface area contributed by atoms with E-state index in [0.717, 1.165) is 12.1 Å². The van der Waals surface area contributed by atoms with Crippen LogP contribution < -0.4 is 4.72 Å². The van der Waals surface area contributed by atoms with Crippen molar-refractivity contribution in [2.24, 2.45) is 0 Å². The van der Waals surface area contributed by atoms with E-state index in [1.807, 2.05) is 0 Å². The Morgan fingerprint density at radius 1 is 1.12 bits per heavy atom. The van der Waals surface area contributed by atoms with Crippen molar-refractivity contribution in [2.75, 3.05) is 18.3 Å². The van der Waals surface area contributed by atoms with Gasteiger partial charge in [0.15, 0.2) is 0 Å². The van der Waals surface area contributed by atoms with Gasteiger partial charge in [0.2, 0.25) is 0 Å². The lowest BCUT2D eigenvalue weighted by Crippen LogP contribution is -2.34. The summed E-state index contributed by atoms with van der Waals surface area (Å²) in [7, 11) is -2.51. The van der Waals surface area contributed by atoms with Gasteiger partial charge in [0.05, 0.1) is 10.6 Å². The molecule has 0 fully saturated rings. The number of hydrogen-bond donors (Lipinski definition) is 1. The van der Waals surface area contributed by atoms with Crippen molar-refractivity contribution >= 4 is 21.6 Å². The van der Waals surface area contributed by atoms with E-state index in [0.29, 0.717) is 30.2 Å². The maximum atomic E-state index is 13.3. The molecule has 0 aromatic heterocycles. The molecule has 0 atom stereocenters. The van der Waals surface area contributed by atoms with Crippen LogP contribution in [-0.2, 0) is 16.4 Å². The molecule has 0 unspecified atom stereocenters. The highest BCUT2D eigenvalue weighted by atomic mass is 32.2. The highest BCUT2D eigenvalue weighted by Crippen LogP contribution is 2.28. The van der Waals surface area contributed by atoms with Crippen LogP contribution in [0, 0.1) is 11.6 Å². The fourth-order valence-electron chi connectivity index (χ4n) is 2.63. The van der Waals surface area contributed by atoms with Crippen molar-refractivity contribution in [3.05, 3.63) is 59.2 Å². The SMILES string of the molecule is CN1CCc2c(NS(=O)(=O)c3cc(F)cc(F)c3)cccc2C1=O. The third kappa shape index (κ3) is 2.96. The molecule has 0 aliphatic carbocycles. The second kappa shape index (κ2) is 5.86. The Labute approximate surface area is 138 Å². The third-order valence-electron chi connectivity index (χ3n) is 3.84. The first-order valence-corrected chi connectivity index (χ1v) is 8.62. The largest absolute Gasteiger partial charge is 0.341 e. The Bertz CT molecular complexity index is 909. The molecular weight excluding hydrogens is 338 g/mol. The van der Waals surface area contributed by atoms with Crippen LogP contribution in [0.3, 0.4) is 0 Å². The third-order valence-corrected chi connectivity index (χ3v) is 5.19. The second-order valence-electron chi connectivity index (χ2n) is 5.52. The van der Waals surface area contributed by atoms with Gasteiger partial charge in [-0.25, -0.2) is 17.2 Å². The van der Waals surface area contributed by atoms with Gasteiger partial charge in [-0.15, -0.1) is 0 Å². The molecule has 1 N–H and O–H groups in total. The summed E-state index contributed by atoms with van der Waals surface area (Å²) in [6.07, 6.45) is 0.480. The normalized spacial score (nSPS) is 14.5. The van der Waals surface area contributed by atoms with Crippen molar-refractivity contribution in [1.82, 2.24) is 4.90 Å². The number of anilines is 1. The topological polar surface area (TPSA) is 66.5 Å². The number of sulfonamides is 1. The van der Waals surface area contributed by atoms with Crippen molar-refractivity contribution in [1.29, 1.82) is 0 Å². The Morgan fingerprint density at radius 3 is 2.46 bits per heavy atom. The zero-order chi connectivity index (χ0) is 17.5. The Balaban J connectivity index is 2.01. The van der Waals surface area contributed by atoms with Gasteiger partial charge in [-0.3, -0.25) is 9.52 Å². The van der Waals surface area contributed by atoms with Crippen molar-refractivity contribution < 1.29 is 22.0 Å². The van der Waals surface area contributed by atoms with E-state index in [1.165, 1.54) is 6.07 Å². The average molecular weight is 352 g/mol. The lowest BCUT2D eigenvalue weighted by molar-refractivity contribution is 0.0781. The molecule has 0 radical (unpaired) electrons. The second-order valence-corrected chi connectivity index (χ2v) is 7.20. The van der Waals surface area contributed by atoms with Crippen LogP contribution in [0.1, 0.15) is 15.9 Å². The molecular formula is C16H14F2N2O3S. The van der Waals surface area contributed by atoms with Gasteiger partial charge in [0, 0.05) is 25.2 Å². The van der Waals surface area contributed by atoms with Crippen LogP contribution in [0.15, 0.2) is 41.3 Å². The number of fused-ring (bicyclic) bond motifs is 1. The van der Waals surface area contributed by atoms with Crippen LogP contribution in [0.4, 0.5) is 14.5 Å². The van der Waals surface area contributed by atoms with Crippen LogP contribution in [0.5, 0.6) is 0 Å². The molecule has 0 saturated carbocycles. The van der Waals surface area contributed by atoms with E-state index in [-0.39, 0.29) is 11.6 Å². The van der Waals surface area contributed by atoms with E-state index in [2.05, 4.69) is 4.72 Å². The molecule has 1 heterocycles. The molecule has 0 bridgehead atoms. The molecule has 2 aromatic rings. The minimum atomic E-state index is -4.18. The van der Waals surface area contributed by atoms with E-state index >= 15 is 0 Å². The molecule has 1 aliphatic rings. The Hall–Kier alpha value is -2.48. The zero-order valence-corrected chi connectivity index (χ0v) is 13.5. The van der Waals surface area contributed by atoms with E-state index < -0.39 is 26.6 Å². The lowest BCUT2D eigenvalue weighted by Gasteiger charge is -2.26. The van der Waals surface area contributed by atoms with Crippen molar-refractivity contribution in [3.63, 3.8) is 0 Å². The summed E-state index contributed by atoms with van der Waals surface area (Å²) < 4.78 is 53.7. The molecule has 24 heavy (non-hydrogen) atoms. The van der Waals surface area contributed by atoms with Gasteiger partial charge >= 0.3 is 0 Å². The number of amides is 1. The zero-order valence-electron chi connectivity index (χ0n) is 12.7. The number of rotatable bonds is 3. The van der Waals surface area contributed by atoms with Gasteiger partial charge in [-0.2, -0.15) is 0 Å². The number of carbonyl (C=O) groups excluding carboxylic acids is 1. The van der Waals surface area contributed by atoms with Gasteiger partial charge in [0.1, 0.15) is 11.6 Å². The average Bonchev–Trinajstić information content (AvgIpc) is 2.50. The number of hydrogen-bond acceptors (Lipinski definition) is 3. The molecule has 1 aliphatic heterocycles. The minimum Gasteiger partial charge on any atom is -0.341 e. The number of nitrogens with zero attached hydrogens (tertiary/aromatic N) is 1. The minimum absolute atomic E-state index is 0.200. The number of likely N-dealkylation sites (N-methyl/N-ethyl adjacent to an activating group) is 1. The van der Waals surface area contributed by atoms with Gasteiger partial charge in [-0.1, -0.05) is 6.07 Å². The predicted molar refractivity (Wildman–Crippen MR) is 84.3 cm³/mol. The molecule has 0 spiro atoms. The van der Waals surface area contributed by atoms with Crippen LogP contribution in [-0.4, -0.2) is 32.8 Å². The first kappa shape index (κ1) is 16.4. The molecule has 8 heteroatoms. The highest BCUT2D eigenvalue weighted by molar-refractivity contribution is 7.92. The van der Waals surface area contributed by atoms with E-state index in [1.54, 1.807) is 24.1 Å². The number of benzene rings is 2. The maximum absolute atomic E-state index is 13.3. The fraction of sp³-hybridized carbons (Fsp3) is 0.188. The molecule has 1 amide bonds. The Morgan fingerprint density at radius 2 is 1.79 bits per heavy atom. The van der Waals surface area contributed by atoms with Crippen molar-refractivity contribution in [2.45, 2.75) is 11.3 Å². The van der Waals surface area contributed by atoms with E-state index in [9.17, 15) is 22.0 Å². The quantitative estimate of drug-likeness (QED) is 0.922. The summed E-state index contributed by atoms with van der Waals surface area (Å²) >= 11 is 0. The summed E-state index contributed by atoms with van der Waals surface area (Å²) in [5, 5.41) is 0. The van der Waals surface area contributed by atoms with Gasteiger partial charge in [-0.05, 0) is 36.2 Å². The number of halogens is 2. The van der Waals surface area contributed by atoms with E-state index in [4.69, 9.17) is 0 Å². The molecule has 3 rings (SSSR count). The monoisotopic (exact) mass is 352 g/mol. The number of carbonyl (C=O) groups is 1. The van der Waals surface area contributed by atoms with Crippen LogP contribution in [0.2, 0.25) is 0 Å². The van der Waals surface area contributed by atoms with Crippen molar-refractivity contribution in [3.8, 4) is 0 Å². The van der Waals surface area contributed by atoms with Crippen LogP contribution in [0.25, 0.3) is 0 Å². The van der Waals surface area contributed by atoms with Crippen LogP contribution >= 0.6 is 0 Å². The molecule has 126 valence electrons.